The first-order chi connectivity index (χ1) is 23.5. The number of carbonyl (C=O) groups excluding carboxylic acids is 2. The van der Waals surface area contributed by atoms with E-state index in [1.54, 1.807) is 12.1 Å². The highest BCUT2D eigenvalue weighted by Crippen LogP contribution is 2.29. The van der Waals surface area contributed by atoms with Crippen molar-refractivity contribution in [3.63, 3.8) is 0 Å². The van der Waals surface area contributed by atoms with Crippen LogP contribution in [0.3, 0.4) is 0 Å². The summed E-state index contributed by atoms with van der Waals surface area (Å²) in [6, 6.07) is 37.4. The van der Waals surface area contributed by atoms with Gasteiger partial charge in [0.25, 0.3) is 0 Å². The van der Waals surface area contributed by atoms with Gasteiger partial charge in [0.15, 0.2) is 0 Å². The number of aliphatic imine (C=N–C) groups is 1. The molecule has 0 aromatic heterocycles. The molecule has 5 rings (SSSR count). The Balaban J connectivity index is 1.37. The summed E-state index contributed by atoms with van der Waals surface area (Å²) in [6.07, 6.45) is -4.96. The van der Waals surface area contributed by atoms with Gasteiger partial charge in [-0.05, 0) is 22.3 Å². The predicted octanol–water partition coefficient (Wildman–Crippen LogP) is 5.21. The molecule has 1 saturated heterocycles. The van der Waals surface area contributed by atoms with Crippen LogP contribution in [0.15, 0.2) is 126 Å². The van der Waals surface area contributed by atoms with Gasteiger partial charge < -0.3 is 34.5 Å². The Morgan fingerprint density at radius 3 is 1.52 bits per heavy atom. The number of rotatable bonds is 13. The highest BCUT2D eigenvalue weighted by atomic mass is 16.6. The second kappa shape index (κ2) is 17.7. The molecule has 0 radical (unpaired) electrons. The van der Waals surface area contributed by atoms with Crippen molar-refractivity contribution in [2.24, 2.45) is 10.7 Å². The van der Waals surface area contributed by atoms with Crippen LogP contribution >= 0.6 is 0 Å². The van der Waals surface area contributed by atoms with Gasteiger partial charge in [0.1, 0.15) is 37.6 Å². The van der Waals surface area contributed by atoms with Crippen molar-refractivity contribution in [1.29, 1.82) is 0 Å². The summed E-state index contributed by atoms with van der Waals surface area (Å²) in [4.78, 5) is 31.1. The van der Waals surface area contributed by atoms with Crippen LogP contribution in [0, 0.1) is 0 Å². The monoisotopic (exact) mass is 653 g/mol. The van der Waals surface area contributed by atoms with E-state index in [0.717, 1.165) is 27.2 Å². The van der Waals surface area contributed by atoms with Gasteiger partial charge in [-0.1, -0.05) is 121 Å². The van der Waals surface area contributed by atoms with Crippen molar-refractivity contribution in [2.45, 2.75) is 50.8 Å². The van der Waals surface area contributed by atoms with E-state index in [2.05, 4.69) is 4.99 Å². The minimum Gasteiger partial charge on any atom is -0.444 e. The lowest BCUT2D eigenvalue weighted by Crippen LogP contribution is -2.49. The Bertz CT molecular complexity index is 1590. The quantitative estimate of drug-likeness (QED) is 0.147. The molecule has 250 valence electrons. The van der Waals surface area contributed by atoms with E-state index in [9.17, 15) is 14.7 Å². The number of amides is 2. The van der Waals surface area contributed by atoms with Crippen LogP contribution in [-0.2, 0) is 50.1 Å². The number of aliphatic hydroxyl groups is 1. The zero-order valence-corrected chi connectivity index (χ0v) is 26.4. The van der Waals surface area contributed by atoms with E-state index in [0.29, 0.717) is 0 Å². The number of carbonyl (C=O) groups is 2. The van der Waals surface area contributed by atoms with E-state index >= 15 is 0 Å². The van der Waals surface area contributed by atoms with E-state index in [1.807, 2.05) is 109 Å². The SMILES string of the molecule is N/C(=N\C(=O)OCc1ccccc1)N(C[C@@H]1O[C@H](CO)[C@@H](OCc2ccccc2)[C@@H]1OCc1ccccc1)C(=O)OCc1ccccc1. The first-order valence-corrected chi connectivity index (χ1v) is 15.6. The fourth-order valence-corrected chi connectivity index (χ4v) is 5.18. The molecule has 0 unspecified atom stereocenters. The van der Waals surface area contributed by atoms with Gasteiger partial charge in [0.2, 0.25) is 5.96 Å². The molecule has 48 heavy (non-hydrogen) atoms. The number of aliphatic hydroxyl groups excluding tert-OH is 1. The Morgan fingerprint density at radius 1 is 0.646 bits per heavy atom. The van der Waals surface area contributed by atoms with Crippen molar-refractivity contribution >= 4 is 18.1 Å². The summed E-state index contributed by atoms with van der Waals surface area (Å²) in [5, 5.41) is 10.3. The summed E-state index contributed by atoms with van der Waals surface area (Å²) < 4.78 is 29.8. The molecule has 0 aliphatic carbocycles. The molecule has 11 heteroatoms. The molecule has 1 heterocycles. The minimum atomic E-state index is -0.987. The first kappa shape index (κ1) is 34.3. The number of ether oxygens (including phenoxy) is 5. The van der Waals surface area contributed by atoms with Crippen LogP contribution < -0.4 is 5.73 Å². The third kappa shape index (κ3) is 9.96. The summed E-state index contributed by atoms with van der Waals surface area (Å²) in [6.45, 7) is -0.227. The average molecular weight is 654 g/mol. The smallest absolute Gasteiger partial charge is 0.437 e. The van der Waals surface area contributed by atoms with Crippen LogP contribution in [0.2, 0.25) is 0 Å². The second-order valence-corrected chi connectivity index (χ2v) is 11.1. The average Bonchev–Trinajstić information content (AvgIpc) is 3.47. The lowest BCUT2D eigenvalue weighted by atomic mass is 10.1. The number of nitrogens with zero attached hydrogens (tertiary/aromatic N) is 2. The van der Waals surface area contributed by atoms with Crippen molar-refractivity contribution in [3.05, 3.63) is 144 Å². The third-order valence-electron chi connectivity index (χ3n) is 7.63. The topological polar surface area (TPSA) is 142 Å². The largest absolute Gasteiger partial charge is 0.444 e. The van der Waals surface area contributed by atoms with Crippen molar-refractivity contribution in [2.75, 3.05) is 13.2 Å². The molecule has 4 aromatic carbocycles. The third-order valence-corrected chi connectivity index (χ3v) is 7.63. The molecular weight excluding hydrogens is 614 g/mol. The second-order valence-electron chi connectivity index (χ2n) is 11.1. The van der Waals surface area contributed by atoms with Crippen LogP contribution in [0.1, 0.15) is 22.3 Å². The number of hydrogen-bond acceptors (Lipinski definition) is 8. The number of benzene rings is 4. The summed E-state index contributed by atoms with van der Waals surface area (Å²) in [7, 11) is 0. The lowest BCUT2D eigenvalue weighted by molar-refractivity contribution is -0.0837. The zero-order valence-electron chi connectivity index (χ0n) is 26.4. The van der Waals surface area contributed by atoms with Gasteiger partial charge in [-0.15, -0.1) is 4.99 Å². The molecule has 0 spiro atoms. The van der Waals surface area contributed by atoms with Gasteiger partial charge in [-0.2, -0.15) is 0 Å². The number of nitrogens with two attached hydrogens (primary N) is 1. The predicted molar refractivity (Wildman–Crippen MR) is 177 cm³/mol. The molecular formula is C37H39N3O8. The van der Waals surface area contributed by atoms with Crippen LogP contribution in [0.5, 0.6) is 0 Å². The normalized spacial score (nSPS) is 19.1. The van der Waals surface area contributed by atoms with E-state index in [1.165, 1.54) is 0 Å². The maximum atomic E-state index is 13.5. The molecule has 11 nitrogen and oxygen atoms in total. The molecule has 1 aliphatic rings. The standard InChI is InChI=1S/C37H39N3O8/c38-35(39-36(42)46-25-29-17-9-3-10-18-29)40(37(43)47-26-30-19-11-4-12-20-30)21-31-33(44-23-27-13-5-1-6-14-27)34(32(22-41)48-31)45-24-28-15-7-2-8-16-28/h1-20,31-34,41H,21-26H2,(H2,38,39,42)/t31-,32+,33+,34+/m0/s1. The van der Waals surface area contributed by atoms with E-state index in [-0.39, 0.29) is 39.6 Å². The van der Waals surface area contributed by atoms with Gasteiger partial charge in [-0.25, -0.2) is 14.5 Å². The molecule has 2 amide bonds. The van der Waals surface area contributed by atoms with Crippen LogP contribution in [-0.4, -0.2) is 65.7 Å². The molecule has 4 atom stereocenters. The maximum Gasteiger partial charge on any atom is 0.437 e. The molecule has 1 aliphatic heterocycles. The Labute approximate surface area is 279 Å². The Hall–Kier alpha value is -5.07. The first-order valence-electron chi connectivity index (χ1n) is 15.6. The molecule has 0 saturated carbocycles. The van der Waals surface area contributed by atoms with Gasteiger partial charge in [0, 0.05) is 0 Å². The van der Waals surface area contributed by atoms with Gasteiger partial charge >= 0.3 is 12.2 Å². The summed E-state index contributed by atoms with van der Waals surface area (Å²) in [5.41, 5.74) is 9.62. The highest BCUT2D eigenvalue weighted by Gasteiger charge is 2.47. The van der Waals surface area contributed by atoms with Crippen LogP contribution in [0.25, 0.3) is 0 Å². The van der Waals surface area contributed by atoms with Crippen LogP contribution in [0.4, 0.5) is 9.59 Å². The molecule has 1 fully saturated rings. The molecule has 3 N–H and O–H groups in total. The van der Waals surface area contributed by atoms with Crippen molar-refractivity contribution < 1.29 is 38.4 Å². The maximum absolute atomic E-state index is 13.5. The van der Waals surface area contributed by atoms with Crippen molar-refractivity contribution in [1.82, 2.24) is 4.90 Å². The van der Waals surface area contributed by atoms with Gasteiger partial charge in [-0.3, -0.25) is 0 Å². The number of hydrogen-bond donors (Lipinski definition) is 2. The highest BCUT2D eigenvalue weighted by molar-refractivity contribution is 5.98. The fraction of sp³-hybridized carbons (Fsp3) is 0.270. The number of guanidine groups is 1. The summed E-state index contributed by atoms with van der Waals surface area (Å²) in [5.74, 6) is -0.453. The molecule has 4 aromatic rings. The van der Waals surface area contributed by atoms with Gasteiger partial charge in [0.05, 0.1) is 26.4 Å². The van der Waals surface area contributed by atoms with E-state index in [4.69, 9.17) is 29.4 Å². The molecule has 0 bridgehead atoms. The van der Waals surface area contributed by atoms with E-state index < -0.39 is 42.6 Å². The Kier molecular flexibility index (Phi) is 12.7. The Morgan fingerprint density at radius 2 is 1.06 bits per heavy atom. The summed E-state index contributed by atoms with van der Waals surface area (Å²) >= 11 is 0. The lowest BCUT2D eigenvalue weighted by Gasteiger charge is -2.28. The zero-order chi connectivity index (χ0) is 33.6. The minimum absolute atomic E-state index is 0.0331. The van der Waals surface area contributed by atoms with Crippen molar-refractivity contribution in [3.8, 4) is 0 Å². The fourth-order valence-electron chi connectivity index (χ4n) is 5.18.